The summed E-state index contributed by atoms with van der Waals surface area (Å²) < 4.78 is 10.6. The minimum absolute atomic E-state index is 0.101. The van der Waals surface area contributed by atoms with Gasteiger partial charge < -0.3 is 14.5 Å². The molecule has 2 aromatic rings. The van der Waals surface area contributed by atoms with E-state index in [2.05, 4.69) is 15.5 Å². The maximum Gasteiger partial charge on any atom is 0.310 e. The molecule has 0 aliphatic heterocycles. The zero-order chi connectivity index (χ0) is 14.8. The summed E-state index contributed by atoms with van der Waals surface area (Å²) in [6, 6.07) is 5.00. The first-order chi connectivity index (χ1) is 10.2. The van der Waals surface area contributed by atoms with Gasteiger partial charge in [0.15, 0.2) is 5.75 Å². The Morgan fingerprint density at radius 3 is 2.95 bits per heavy atom. The highest BCUT2D eigenvalue weighted by atomic mass is 16.6. The van der Waals surface area contributed by atoms with Crippen molar-refractivity contribution < 1.29 is 14.1 Å². The summed E-state index contributed by atoms with van der Waals surface area (Å²) in [6.45, 7) is 0.530. The smallest absolute Gasteiger partial charge is 0.310 e. The molecule has 0 spiro atoms. The lowest BCUT2D eigenvalue weighted by molar-refractivity contribution is -0.385. The Balaban J connectivity index is 1.80. The van der Waals surface area contributed by atoms with Crippen molar-refractivity contribution in [2.75, 3.05) is 7.11 Å². The summed E-state index contributed by atoms with van der Waals surface area (Å²) in [7, 11) is 1.38. The minimum atomic E-state index is -0.499. The maximum absolute atomic E-state index is 10.9. The summed E-state index contributed by atoms with van der Waals surface area (Å²) in [5, 5.41) is 22.0. The van der Waals surface area contributed by atoms with E-state index >= 15 is 0 Å². The van der Waals surface area contributed by atoms with Gasteiger partial charge in [-0.05, 0) is 18.9 Å². The molecule has 21 heavy (non-hydrogen) atoms. The van der Waals surface area contributed by atoms with Crippen LogP contribution >= 0.6 is 0 Å². The second-order valence-electron chi connectivity index (χ2n) is 4.80. The molecule has 0 amide bonds. The largest absolute Gasteiger partial charge is 0.490 e. The van der Waals surface area contributed by atoms with Gasteiger partial charge in [-0.15, -0.1) is 10.2 Å². The molecule has 0 saturated heterocycles. The zero-order valence-corrected chi connectivity index (χ0v) is 11.4. The van der Waals surface area contributed by atoms with Gasteiger partial charge in [0.25, 0.3) is 0 Å². The quantitative estimate of drug-likeness (QED) is 0.640. The van der Waals surface area contributed by atoms with Crippen molar-refractivity contribution in [3.63, 3.8) is 0 Å². The summed E-state index contributed by atoms with van der Waals surface area (Å²) >= 11 is 0. The number of nitrogens with zero attached hydrogens (tertiary/aromatic N) is 3. The molecule has 1 aromatic carbocycles. The van der Waals surface area contributed by atoms with Crippen LogP contribution in [-0.4, -0.2) is 28.3 Å². The van der Waals surface area contributed by atoms with E-state index in [0.29, 0.717) is 29.9 Å². The van der Waals surface area contributed by atoms with E-state index in [1.807, 2.05) is 0 Å². The van der Waals surface area contributed by atoms with E-state index in [1.165, 1.54) is 32.1 Å². The van der Waals surface area contributed by atoms with Crippen LogP contribution in [0.4, 0.5) is 5.69 Å². The van der Waals surface area contributed by atoms with Crippen LogP contribution in [0.3, 0.4) is 0 Å². The Kier molecular flexibility index (Phi) is 3.53. The van der Waals surface area contributed by atoms with Crippen molar-refractivity contribution in [1.82, 2.24) is 15.5 Å². The van der Waals surface area contributed by atoms with E-state index in [-0.39, 0.29) is 11.4 Å². The number of methoxy groups -OCH3 is 1. The summed E-state index contributed by atoms with van der Waals surface area (Å²) in [6.07, 6.45) is 2.36. The van der Waals surface area contributed by atoms with Crippen molar-refractivity contribution in [2.24, 2.45) is 0 Å². The molecule has 1 fully saturated rings. The van der Waals surface area contributed by atoms with E-state index in [9.17, 15) is 10.1 Å². The molecule has 3 rings (SSSR count). The highest BCUT2D eigenvalue weighted by Crippen LogP contribution is 2.31. The number of benzene rings is 1. The van der Waals surface area contributed by atoms with Crippen LogP contribution in [0.1, 0.15) is 18.7 Å². The minimum Gasteiger partial charge on any atom is -0.490 e. The van der Waals surface area contributed by atoms with Gasteiger partial charge in [-0.25, -0.2) is 0 Å². The first-order valence-corrected chi connectivity index (χ1v) is 6.56. The van der Waals surface area contributed by atoms with E-state index < -0.39 is 4.92 Å². The Morgan fingerprint density at radius 1 is 1.48 bits per heavy atom. The maximum atomic E-state index is 10.9. The second-order valence-corrected chi connectivity index (χ2v) is 4.80. The van der Waals surface area contributed by atoms with Gasteiger partial charge >= 0.3 is 5.69 Å². The molecule has 8 heteroatoms. The highest BCUT2D eigenvalue weighted by molar-refractivity contribution is 5.61. The third kappa shape index (κ3) is 3.00. The number of nitrogens with one attached hydrogen (secondary N) is 1. The van der Waals surface area contributed by atoms with E-state index in [0.717, 1.165) is 0 Å². The first kappa shape index (κ1) is 13.5. The van der Waals surface area contributed by atoms with E-state index in [1.54, 1.807) is 6.07 Å². The third-order valence-corrected chi connectivity index (χ3v) is 3.21. The standard InChI is InChI=1S/C13H14N4O4/c1-20-11-6-8(2-5-10(11)17(18)19)13-16-15-12(21-13)7-14-9-3-4-9/h2,5-6,9,14H,3-4,7H2,1H3. The van der Waals surface area contributed by atoms with Gasteiger partial charge in [0.05, 0.1) is 18.6 Å². The average molecular weight is 290 g/mol. The molecular weight excluding hydrogens is 276 g/mol. The number of ether oxygens (including phenoxy) is 1. The molecule has 8 nitrogen and oxygen atoms in total. The van der Waals surface area contributed by atoms with Crippen LogP contribution in [0.2, 0.25) is 0 Å². The number of hydrogen-bond acceptors (Lipinski definition) is 7. The van der Waals surface area contributed by atoms with Crippen molar-refractivity contribution in [3.8, 4) is 17.2 Å². The first-order valence-electron chi connectivity index (χ1n) is 6.56. The van der Waals surface area contributed by atoms with Crippen LogP contribution in [-0.2, 0) is 6.54 Å². The molecule has 0 bridgehead atoms. The normalized spacial score (nSPS) is 14.1. The third-order valence-electron chi connectivity index (χ3n) is 3.21. The molecular formula is C13H14N4O4. The lowest BCUT2D eigenvalue weighted by Gasteiger charge is -2.02. The second kappa shape index (κ2) is 5.49. The Morgan fingerprint density at radius 2 is 2.29 bits per heavy atom. The summed E-state index contributed by atoms with van der Waals surface area (Å²) in [4.78, 5) is 10.4. The van der Waals surface area contributed by atoms with Crippen molar-refractivity contribution in [2.45, 2.75) is 25.4 Å². The van der Waals surface area contributed by atoms with Gasteiger partial charge in [0.1, 0.15) is 0 Å². The number of nitro benzene ring substituents is 1. The van der Waals surface area contributed by atoms with Crippen molar-refractivity contribution >= 4 is 5.69 Å². The molecule has 1 N–H and O–H groups in total. The molecule has 1 aliphatic rings. The fourth-order valence-corrected chi connectivity index (χ4v) is 1.92. The summed E-state index contributed by atoms with van der Waals surface area (Å²) in [5.41, 5.74) is 0.485. The van der Waals surface area contributed by atoms with E-state index in [4.69, 9.17) is 9.15 Å². The monoisotopic (exact) mass is 290 g/mol. The Labute approximate surface area is 120 Å². The average Bonchev–Trinajstić information content (AvgIpc) is 3.20. The van der Waals surface area contributed by atoms with Crippen molar-refractivity contribution in [3.05, 3.63) is 34.2 Å². The Hall–Kier alpha value is -2.48. The molecule has 1 saturated carbocycles. The number of nitro groups is 1. The molecule has 0 atom stereocenters. The Bertz CT molecular complexity index is 666. The lowest BCUT2D eigenvalue weighted by atomic mass is 10.2. The van der Waals surface area contributed by atoms with Crippen molar-refractivity contribution in [1.29, 1.82) is 0 Å². The van der Waals surface area contributed by atoms with Gasteiger partial charge in [-0.1, -0.05) is 0 Å². The van der Waals surface area contributed by atoms with Gasteiger partial charge in [-0.3, -0.25) is 10.1 Å². The topological polar surface area (TPSA) is 103 Å². The van der Waals surface area contributed by atoms with Crippen LogP contribution in [0.5, 0.6) is 5.75 Å². The van der Waals surface area contributed by atoms with Crippen LogP contribution in [0.25, 0.3) is 11.5 Å². The van der Waals surface area contributed by atoms with Gasteiger partial charge in [0, 0.05) is 23.7 Å². The fourth-order valence-electron chi connectivity index (χ4n) is 1.92. The van der Waals surface area contributed by atoms with Crippen LogP contribution in [0.15, 0.2) is 22.6 Å². The molecule has 0 radical (unpaired) electrons. The van der Waals surface area contributed by atoms with Crippen LogP contribution < -0.4 is 10.1 Å². The summed E-state index contributed by atoms with van der Waals surface area (Å²) in [5.74, 6) is 0.971. The van der Waals surface area contributed by atoms with Crippen LogP contribution in [0, 0.1) is 10.1 Å². The molecule has 0 unspecified atom stereocenters. The van der Waals surface area contributed by atoms with Gasteiger partial charge in [0.2, 0.25) is 11.8 Å². The lowest BCUT2D eigenvalue weighted by Crippen LogP contribution is -2.15. The predicted octanol–water partition coefficient (Wildman–Crippen LogP) is 1.91. The fraction of sp³-hybridized carbons (Fsp3) is 0.385. The molecule has 110 valence electrons. The zero-order valence-electron chi connectivity index (χ0n) is 11.4. The number of hydrogen-bond donors (Lipinski definition) is 1. The molecule has 1 aromatic heterocycles. The van der Waals surface area contributed by atoms with Gasteiger partial charge in [-0.2, -0.15) is 0 Å². The number of rotatable bonds is 6. The predicted molar refractivity (Wildman–Crippen MR) is 72.8 cm³/mol. The number of aromatic nitrogens is 2. The molecule has 1 heterocycles. The SMILES string of the molecule is COc1cc(-c2nnc(CNC3CC3)o2)ccc1[N+](=O)[O-]. The highest BCUT2D eigenvalue weighted by Gasteiger charge is 2.22. The molecule has 1 aliphatic carbocycles.